The Morgan fingerprint density at radius 1 is 1.04 bits per heavy atom. The van der Waals surface area contributed by atoms with Crippen LogP contribution in [0.2, 0.25) is 0 Å². The van der Waals surface area contributed by atoms with Gasteiger partial charge in [-0.05, 0) is 49.7 Å². The van der Waals surface area contributed by atoms with Crippen LogP contribution in [0.1, 0.15) is 19.8 Å². The summed E-state index contributed by atoms with van der Waals surface area (Å²) in [5, 5.41) is 8.99. The minimum Gasteiger partial charge on any atom is -0.494 e. The number of benzene rings is 2. The van der Waals surface area contributed by atoms with Crippen molar-refractivity contribution in [3.8, 4) is 23.0 Å². The van der Waals surface area contributed by atoms with Crippen molar-refractivity contribution in [2.45, 2.75) is 19.8 Å². The molecule has 0 saturated heterocycles. The number of hydrogen-bond donors (Lipinski definition) is 1. The van der Waals surface area contributed by atoms with Crippen LogP contribution in [0.3, 0.4) is 0 Å². The van der Waals surface area contributed by atoms with E-state index >= 15 is 0 Å². The molecule has 3 aromatic rings. The van der Waals surface area contributed by atoms with Gasteiger partial charge in [-0.15, -0.1) is 0 Å². The molecule has 0 aliphatic rings. The van der Waals surface area contributed by atoms with Crippen LogP contribution in [0.25, 0.3) is 11.0 Å². The second-order valence-electron chi connectivity index (χ2n) is 5.94. The van der Waals surface area contributed by atoms with E-state index in [0.717, 1.165) is 5.75 Å². The monoisotopic (exact) mass is 384 g/mol. The fourth-order valence-electron chi connectivity index (χ4n) is 2.56. The van der Waals surface area contributed by atoms with Crippen LogP contribution in [-0.4, -0.2) is 24.3 Å². The lowest BCUT2D eigenvalue weighted by Gasteiger charge is -2.08. The van der Waals surface area contributed by atoms with E-state index in [1.54, 1.807) is 42.5 Å². The highest BCUT2D eigenvalue weighted by molar-refractivity contribution is 5.79. The van der Waals surface area contributed by atoms with Gasteiger partial charge in [-0.3, -0.25) is 9.59 Å². The molecule has 1 heterocycles. The second kappa shape index (κ2) is 8.94. The Balaban J connectivity index is 1.73. The number of fused-ring (bicyclic) bond motifs is 1. The molecule has 7 nitrogen and oxygen atoms in total. The van der Waals surface area contributed by atoms with Crippen LogP contribution in [0.5, 0.6) is 23.0 Å². The molecule has 7 heteroatoms. The molecule has 0 radical (unpaired) electrons. The van der Waals surface area contributed by atoms with Crippen LogP contribution in [0.4, 0.5) is 0 Å². The normalized spacial score (nSPS) is 10.6. The zero-order chi connectivity index (χ0) is 19.9. The standard InChI is InChI=1S/C21H20O7/c1-2-25-14-5-7-15(8-6-14)28-19-13-27-18-12-16(9-10-17(18)21(19)24)26-11-3-4-20(22)23/h5-10,12-13H,2-4,11H2,1H3,(H,22,23). The molecular formula is C21H20O7. The molecule has 0 bridgehead atoms. The minimum atomic E-state index is -0.867. The molecule has 0 saturated carbocycles. The minimum absolute atomic E-state index is 0.0366. The SMILES string of the molecule is CCOc1ccc(Oc2coc3cc(OCCCC(=O)O)ccc3c2=O)cc1. The summed E-state index contributed by atoms with van der Waals surface area (Å²) in [6, 6.07) is 11.8. The second-order valence-corrected chi connectivity index (χ2v) is 5.94. The third kappa shape index (κ3) is 4.82. The summed E-state index contributed by atoms with van der Waals surface area (Å²) in [5.41, 5.74) is 0.0624. The van der Waals surface area contributed by atoms with Gasteiger partial charge in [0, 0.05) is 12.5 Å². The van der Waals surface area contributed by atoms with Gasteiger partial charge in [-0.25, -0.2) is 0 Å². The Labute approximate surface area is 161 Å². The molecule has 0 aliphatic heterocycles. The molecular weight excluding hydrogens is 364 g/mol. The zero-order valence-electron chi connectivity index (χ0n) is 15.3. The highest BCUT2D eigenvalue weighted by Crippen LogP contribution is 2.25. The summed E-state index contributed by atoms with van der Waals surface area (Å²) in [7, 11) is 0. The third-order valence-corrected chi connectivity index (χ3v) is 3.88. The Kier molecular flexibility index (Phi) is 6.16. The number of ether oxygens (including phenoxy) is 3. The quantitative estimate of drug-likeness (QED) is 0.552. The largest absolute Gasteiger partial charge is 0.494 e. The van der Waals surface area contributed by atoms with Crippen molar-refractivity contribution in [2.24, 2.45) is 0 Å². The first-order valence-corrected chi connectivity index (χ1v) is 8.87. The van der Waals surface area contributed by atoms with Crippen LogP contribution < -0.4 is 19.6 Å². The van der Waals surface area contributed by atoms with Crippen molar-refractivity contribution in [3.05, 3.63) is 59.0 Å². The van der Waals surface area contributed by atoms with E-state index in [4.69, 9.17) is 23.7 Å². The van der Waals surface area contributed by atoms with Crippen LogP contribution in [0, 0.1) is 0 Å². The molecule has 0 aliphatic carbocycles. The lowest BCUT2D eigenvalue weighted by Crippen LogP contribution is -2.05. The fraction of sp³-hybridized carbons (Fsp3) is 0.238. The maximum Gasteiger partial charge on any atom is 0.303 e. The van der Waals surface area contributed by atoms with E-state index in [0.29, 0.717) is 35.5 Å². The van der Waals surface area contributed by atoms with E-state index in [1.165, 1.54) is 6.26 Å². The highest BCUT2D eigenvalue weighted by Gasteiger charge is 2.10. The average Bonchev–Trinajstić information content (AvgIpc) is 2.69. The first-order valence-electron chi connectivity index (χ1n) is 8.87. The van der Waals surface area contributed by atoms with Gasteiger partial charge in [0.2, 0.25) is 11.2 Å². The number of carboxylic acid groups (broad SMARTS) is 1. The van der Waals surface area contributed by atoms with Gasteiger partial charge in [0.15, 0.2) is 0 Å². The van der Waals surface area contributed by atoms with E-state index in [2.05, 4.69) is 0 Å². The van der Waals surface area contributed by atoms with Crippen LogP contribution in [-0.2, 0) is 4.79 Å². The summed E-state index contributed by atoms with van der Waals surface area (Å²) < 4.78 is 22.0. The van der Waals surface area contributed by atoms with Gasteiger partial charge in [0.1, 0.15) is 29.1 Å². The Morgan fingerprint density at radius 2 is 1.75 bits per heavy atom. The average molecular weight is 384 g/mol. The molecule has 146 valence electrons. The van der Waals surface area contributed by atoms with Gasteiger partial charge in [0.25, 0.3) is 0 Å². The number of carbonyl (C=O) groups is 1. The molecule has 0 spiro atoms. The van der Waals surface area contributed by atoms with Crippen molar-refractivity contribution in [3.63, 3.8) is 0 Å². The van der Waals surface area contributed by atoms with Gasteiger partial charge in [0.05, 0.1) is 18.6 Å². The van der Waals surface area contributed by atoms with Crippen molar-refractivity contribution in [2.75, 3.05) is 13.2 Å². The third-order valence-electron chi connectivity index (χ3n) is 3.88. The predicted molar refractivity (Wildman–Crippen MR) is 103 cm³/mol. The number of rotatable bonds is 9. The van der Waals surface area contributed by atoms with E-state index in [1.807, 2.05) is 6.92 Å². The summed E-state index contributed by atoms with van der Waals surface area (Å²) >= 11 is 0. The Bertz CT molecular complexity index is 1010. The van der Waals surface area contributed by atoms with Gasteiger partial charge in [-0.1, -0.05) is 0 Å². The van der Waals surface area contributed by atoms with Crippen molar-refractivity contribution in [1.82, 2.24) is 0 Å². The van der Waals surface area contributed by atoms with Gasteiger partial charge >= 0.3 is 5.97 Å². The Morgan fingerprint density at radius 3 is 2.46 bits per heavy atom. The topological polar surface area (TPSA) is 95.2 Å². The number of hydrogen-bond acceptors (Lipinski definition) is 6. The van der Waals surface area contributed by atoms with Gasteiger partial charge in [-0.2, -0.15) is 0 Å². The van der Waals surface area contributed by atoms with Crippen LogP contribution in [0.15, 0.2) is 57.9 Å². The maximum atomic E-state index is 12.6. The zero-order valence-corrected chi connectivity index (χ0v) is 15.3. The summed E-state index contributed by atoms with van der Waals surface area (Å²) in [6.45, 7) is 2.73. The number of aliphatic carboxylic acids is 1. The van der Waals surface area contributed by atoms with Crippen LogP contribution >= 0.6 is 0 Å². The lowest BCUT2D eigenvalue weighted by atomic mass is 10.2. The lowest BCUT2D eigenvalue weighted by molar-refractivity contribution is -0.137. The molecule has 0 atom stereocenters. The first-order chi connectivity index (χ1) is 13.6. The van der Waals surface area contributed by atoms with Crippen molar-refractivity contribution in [1.29, 1.82) is 0 Å². The molecule has 28 heavy (non-hydrogen) atoms. The molecule has 2 aromatic carbocycles. The highest BCUT2D eigenvalue weighted by atomic mass is 16.5. The first kappa shape index (κ1) is 19.3. The summed E-state index contributed by atoms with van der Waals surface area (Å²) in [5.74, 6) is 0.922. The predicted octanol–water partition coefficient (Wildman–Crippen LogP) is 4.23. The molecule has 0 fully saturated rings. The van der Waals surface area contributed by atoms with E-state index in [9.17, 15) is 9.59 Å². The molecule has 0 unspecified atom stereocenters. The summed E-state index contributed by atoms with van der Waals surface area (Å²) in [4.78, 5) is 23.1. The fourth-order valence-corrected chi connectivity index (χ4v) is 2.56. The summed E-state index contributed by atoms with van der Waals surface area (Å²) in [6.07, 6.45) is 1.69. The molecule has 1 aromatic heterocycles. The van der Waals surface area contributed by atoms with E-state index < -0.39 is 5.97 Å². The maximum absolute atomic E-state index is 12.6. The number of carboxylic acids is 1. The molecule has 0 amide bonds. The molecule has 1 N–H and O–H groups in total. The van der Waals surface area contributed by atoms with Crippen molar-refractivity contribution >= 4 is 16.9 Å². The van der Waals surface area contributed by atoms with E-state index in [-0.39, 0.29) is 24.2 Å². The molecule has 3 rings (SSSR count). The van der Waals surface area contributed by atoms with Crippen molar-refractivity contribution < 1.29 is 28.5 Å². The smallest absolute Gasteiger partial charge is 0.303 e. The Hall–Kier alpha value is -3.48. The van der Waals surface area contributed by atoms with Gasteiger partial charge < -0.3 is 23.7 Å².